The molecule has 2 rings (SSSR count). The van der Waals surface area contributed by atoms with Gasteiger partial charge in [-0.2, -0.15) is 0 Å². The third-order valence-electron chi connectivity index (χ3n) is 2.10. The molecule has 17 heavy (non-hydrogen) atoms. The summed E-state index contributed by atoms with van der Waals surface area (Å²) in [5.74, 6) is -0.182. The van der Waals surface area contributed by atoms with Crippen molar-refractivity contribution in [3.63, 3.8) is 0 Å². The molecular weight excluding hydrogens is 224 g/mol. The lowest BCUT2D eigenvalue weighted by Crippen LogP contribution is -2.35. The zero-order valence-electron chi connectivity index (χ0n) is 9.16. The molecule has 0 saturated heterocycles. The van der Waals surface area contributed by atoms with Crippen LogP contribution in [0.1, 0.15) is 16.1 Å². The molecule has 0 atom stereocenters. The number of anilines is 1. The summed E-state index contributed by atoms with van der Waals surface area (Å²) in [6, 6.07) is 3.35. The van der Waals surface area contributed by atoms with E-state index in [9.17, 15) is 4.79 Å². The Kier molecular flexibility index (Phi) is 2.99. The number of methoxy groups -OCH3 is 1. The molecule has 0 aliphatic rings. The molecule has 0 fully saturated rings. The van der Waals surface area contributed by atoms with Gasteiger partial charge in [0, 0.05) is 6.20 Å². The fourth-order valence-corrected chi connectivity index (χ4v) is 1.29. The van der Waals surface area contributed by atoms with Gasteiger partial charge in [-0.05, 0) is 16.8 Å². The molecular formula is C10H11N4O3+. The average Bonchev–Trinajstić information content (AvgIpc) is 2.75. The molecule has 0 unspecified atom stereocenters. The van der Waals surface area contributed by atoms with Gasteiger partial charge < -0.3 is 10.5 Å². The van der Waals surface area contributed by atoms with Crippen molar-refractivity contribution in [1.82, 2.24) is 10.3 Å². The summed E-state index contributed by atoms with van der Waals surface area (Å²) in [6.45, 7) is 0.419. The second-order valence-electron chi connectivity index (χ2n) is 3.33. The standard InChI is InChI=1S/C10H11N4O3/c1-16-10(15)7-2-3-8(12-4-7)5-14-6-9(11)17-13-14/h2-4,6H,5,11H2,1H3/q+1. The van der Waals surface area contributed by atoms with Crippen molar-refractivity contribution >= 4 is 11.9 Å². The van der Waals surface area contributed by atoms with Crippen molar-refractivity contribution in [2.45, 2.75) is 6.54 Å². The Hall–Kier alpha value is -2.44. The van der Waals surface area contributed by atoms with Crippen molar-refractivity contribution in [3.05, 3.63) is 35.8 Å². The number of pyridine rings is 1. The highest BCUT2D eigenvalue weighted by Crippen LogP contribution is 2.02. The highest BCUT2D eigenvalue weighted by atomic mass is 16.5. The predicted molar refractivity (Wildman–Crippen MR) is 55.8 cm³/mol. The monoisotopic (exact) mass is 235 g/mol. The van der Waals surface area contributed by atoms with Gasteiger partial charge in [-0.3, -0.25) is 9.51 Å². The van der Waals surface area contributed by atoms with Gasteiger partial charge in [0.1, 0.15) is 5.69 Å². The van der Waals surface area contributed by atoms with E-state index in [1.807, 2.05) is 0 Å². The lowest BCUT2D eigenvalue weighted by Gasteiger charge is -1.98. The van der Waals surface area contributed by atoms with Crippen molar-refractivity contribution in [3.8, 4) is 0 Å². The molecule has 2 heterocycles. The van der Waals surface area contributed by atoms with Crippen molar-refractivity contribution in [2.24, 2.45) is 0 Å². The van der Waals surface area contributed by atoms with E-state index in [4.69, 9.17) is 10.3 Å². The predicted octanol–water partition coefficient (Wildman–Crippen LogP) is -0.226. The Morgan fingerprint density at radius 2 is 2.41 bits per heavy atom. The van der Waals surface area contributed by atoms with Gasteiger partial charge in [0.25, 0.3) is 12.1 Å². The number of rotatable bonds is 3. The second kappa shape index (κ2) is 4.60. The van der Waals surface area contributed by atoms with Crippen molar-refractivity contribution in [1.29, 1.82) is 0 Å². The minimum atomic E-state index is -0.414. The summed E-state index contributed by atoms with van der Waals surface area (Å²) < 4.78 is 10.8. The van der Waals surface area contributed by atoms with Gasteiger partial charge >= 0.3 is 5.97 Å². The fraction of sp³-hybridized carbons (Fsp3) is 0.200. The number of ether oxygens (including phenoxy) is 1. The van der Waals surface area contributed by atoms with Crippen LogP contribution >= 0.6 is 0 Å². The summed E-state index contributed by atoms with van der Waals surface area (Å²) in [5, 5.41) is 3.67. The van der Waals surface area contributed by atoms with E-state index in [0.29, 0.717) is 12.1 Å². The Balaban J connectivity index is 2.10. The van der Waals surface area contributed by atoms with Crippen LogP contribution in [-0.4, -0.2) is 23.3 Å². The molecule has 0 radical (unpaired) electrons. The molecule has 0 aliphatic heterocycles. The largest absolute Gasteiger partial charge is 0.465 e. The van der Waals surface area contributed by atoms with Crippen LogP contribution in [0.2, 0.25) is 0 Å². The van der Waals surface area contributed by atoms with E-state index >= 15 is 0 Å². The molecule has 0 bridgehead atoms. The molecule has 0 saturated carbocycles. The number of carbonyl (C=O) groups is 1. The van der Waals surface area contributed by atoms with Gasteiger partial charge in [0.05, 0.1) is 12.7 Å². The first-order chi connectivity index (χ1) is 8.19. The van der Waals surface area contributed by atoms with Crippen LogP contribution in [0.15, 0.2) is 29.0 Å². The first-order valence-corrected chi connectivity index (χ1v) is 4.84. The van der Waals surface area contributed by atoms with E-state index in [1.165, 1.54) is 18.0 Å². The Labute approximate surface area is 96.8 Å². The van der Waals surface area contributed by atoms with Gasteiger partial charge in [-0.15, -0.1) is 0 Å². The van der Waals surface area contributed by atoms with Crippen LogP contribution in [0.25, 0.3) is 0 Å². The maximum atomic E-state index is 11.2. The van der Waals surface area contributed by atoms with Crippen molar-refractivity contribution < 1.29 is 18.7 Å². The van der Waals surface area contributed by atoms with E-state index < -0.39 is 5.97 Å². The number of nitrogens with two attached hydrogens (primary N) is 1. The number of esters is 1. The van der Waals surface area contributed by atoms with Crippen LogP contribution in [0.4, 0.5) is 5.88 Å². The topological polar surface area (TPSA) is 95.1 Å². The lowest BCUT2D eigenvalue weighted by atomic mass is 10.2. The van der Waals surface area contributed by atoms with Gasteiger partial charge in [-0.25, -0.2) is 4.79 Å². The van der Waals surface area contributed by atoms with Crippen molar-refractivity contribution in [2.75, 3.05) is 12.8 Å². The molecule has 2 aromatic rings. The fourth-order valence-electron chi connectivity index (χ4n) is 1.29. The summed E-state index contributed by atoms with van der Waals surface area (Å²) in [5.41, 5.74) is 6.52. The maximum Gasteiger partial charge on any atom is 0.339 e. The van der Waals surface area contributed by atoms with E-state index in [0.717, 1.165) is 5.69 Å². The zero-order valence-corrected chi connectivity index (χ0v) is 9.16. The molecule has 0 aliphatic carbocycles. The number of aromatic nitrogens is 3. The van der Waals surface area contributed by atoms with Crippen LogP contribution in [-0.2, 0) is 11.3 Å². The van der Waals surface area contributed by atoms with E-state index in [1.54, 1.807) is 18.3 Å². The first-order valence-electron chi connectivity index (χ1n) is 4.84. The number of carbonyl (C=O) groups excluding carboxylic acids is 1. The third kappa shape index (κ3) is 2.57. The maximum absolute atomic E-state index is 11.2. The number of hydrogen-bond acceptors (Lipinski definition) is 6. The van der Waals surface area contributed by atoms with Gasteiger partial charge in [0.2, 0.25) is 11.8 Å². The van der Waals surface area contributed by atoms with Crippen LogP contribution in [0.5, 0.6) is 0 Å². The molecule has 88 valence electrons. The molecule has 2 aromatic heterocycles. The molecule has 7 heteroatoms. The highest BCUT2D eigenvalue weighted by molar-refractivity contribution is 5.88. The number of hydrogen-bond donors (Lipinski definition) is 1. The molecule has 0 aromatic carbocycles. The minimum absolute atomic E-state index is 0.233. The van der Waals surface area contributed by atoms with Crippen LogP contribution in [0.3, 0.4) is 0 Å². The molecule has 2 N–H and O–H groups in total. The van der Waals surface area contributed by atoms with E-state index in [-0.39, 0.29) is 5.88 Å². The summed E-state index contributed by atoms with van der Waals surface area (Å²) in [7, 11) is 1.32. The minimum Gasteiger partial charge on any atom is -0.465 e. The molecule has 7 nitrogen and oxygen atoms in total. The number of nitrogen functional groups attached to an aromatic ring is 1. The summed E-state index contributed by atoms with van der Waals surface area (Å²) in [4.78, 5) is 15.3. The average molecular weight is 235 g/mol. The Morgan fingerprint density at radius 1 is 1.59 bits per heavy atom. The lowest BCUT2D eigenvalue weighted by molar-refractivity contribution is -0.755. The Bertz CT molecular complexity index is 521. The van der Waals surface area contributed by atoms with Gasteiger partial charge in [-0.1, -0.05) is 0 Å². The normalized spacial score (nSPS) is 10.2. The highest BCUT2D eigenvalue weighted by Gasteiger charge is 2.12. The second-order valence-corrected chi connectivity index (χ2v) is 3.33. The molecule has 0 spiro atoms. The van der Waals surface area contributed by atoms with E-state index in [2.05, 4.69) is 15.0 Å². The summed E-state index contributed by atoms with van der Waals surface area (Å²) >= 11 is 0. The molecule has 0 amide bonds. The smallest absolute Gasteiger partial charge is 0.339 e. The van der Waals surface area contributed by atoms with Crippen LogP contribution < -0.4 is 10.4 Å². The quantitative estimate of drug-likeness (QED) is 0.583. The third-order valence-corrected chi connectivity index (χ3v) is 2.10. The number of nitrogens with zero attached hydrogens (tertiary/aromatic N) is 3. The first kappa shape index (κ1) is 11.1. The Morgan fingerprint density at radius 3 is 2.94 bits per heavy atom. The van der Waals surface area contributed by atoms with Gasteiger partial charge in [0.15, 0.2) is 0 Å². The SMILES string of the molecule is COC(=O)c1ccc(C[n+]2cc(N)on2)nc1. The summed E-state index contributed by atoms with van der Waals surface area (Å²) in [6.07, 6.45) is 3.00. The van der Waals surface area contributed by atoms with Crippen LogP contribution in [0, 0.1) is 0 Å². The zero-order chi connectivity index (χ0) is 12.3.